The molecule has 0 amide bonds. The van der Waals surface area contributed by atoms with Gasteiger partial charge in [-0.05, 0) is 36.5 Å². The molecular weight excluding hydrogens is 280 g/mol. The highest BCUT2D eigenvalue weighted by atomic mass is 32.2. The number of nitrogens with two attached hydrogens (primary N) is 1. The van der Waals surface area contributed by atoms with Crippen LogP contribution >= 0.6 is 0 Å². The number of hydrogen-bond acceptors (Lipinski definition) is 4. The van der Waals surface area contributed by atoms with Crippen molar-refractivity contribution in [1.29, 1.82) is 0 Å². The van der Waals surface area contributed by atoms with Crippen LogP contribution in [0.1, 0.15) is 23.7 Å². The first-order valence-corrected chi connectivity index (χ1v) is 7.76. The minimum absolute atomic E-state index is 0.224. The van der Waals surface area contributed by atoms with E-state index in [4.69, 9.17) is 10.8 Å². The van der Waals surface area contributed by atoms with Gasteiger partial charge in [0.05, 0.1) is 10.5 Å². The first-order chi connectivity index (χ1) is 9.23. The van der Waals surface area contributed by atoms with Crippen LogP contribution in [0.4, 0.5) is 5.69 Å². The average molecular weight is 298 g/mol. The van der Waals surface area contributed by atoms with Crippen LogP contribution < -0.4 is 5.73 Å². The zero-order valence-corrected chi connectivity index (χ0v) is 12.2. The number of carboxylic acids is 1. The molecule has 3 N–H and O–H groups in total. The van der Waals surface area contributed by atoms with Gasteiger partial charge in [-0.25, -0.2) is 17.5 Å². The topological polar surface area (TPSA) is 101 Å². The summed E-state index contributed by atoms with van der Waals surface area (Å²) in [7, 11) is -2.38. The summed E-state index contributed by atoms with van der Waals surface area (Å²) in [6, 6.07) is 3.80. The van der Waals surface area contributed by atoms with Gasteiger partial charge >= 0.3 is 5.97 Å². The molecule has 1 aromatic carbocycles. The Labute approximate surface area is 118 Å². The van der Waals surface area contributed by atoms with Gasteiger partial charge in [0.1, 0.15) is 0 Å². The molecule has 0 radical (unpaired) electrons. The Morgan fingerprint density at radius 2 is 2.10 bits per heavy atom. The molecule has 1 saturated carbocycles. The summed E-state index contributed by atoms with van der Waals surface area (Å²) in [6.45, 7) is 2.46. The SMILES string of the molecule is CC1CC1CN(C)S(=O)(=O)c1cc(N)ccc1C(=O)O. The van der Waals surface area contributed by atoms with E-state index in [0.29, 0.717) is 18.4 Å². The van der Waals surface area contributed by atoms with Crippen LogP contribution in [0, 0.1) is 11.8 Å². The van der Waals surface area contributed by atoms with Crippen molar-refractivity contribution < 1.29 is 18.3 Å². The Bertz CT molecular complexity index is 642. The van der Waals surface area contributed by atoms with Gasteiger partial charge in [0.15, 0.2) is 0 Å². The Morgan fingerprint density at radius 3 is 2.60 bits per heavy atom. The van der Waals surface area contributed by atoms with Crippen LogP contribution in [-0.4, -0.2) is 37.4 Å². The summed E-state index contributed by atoms with van der Waals surface area (Å²) in [5, 5.41) is 9.11. The minimum atomic E-state index is -3.84. The van der Waals surface area contributed by atoms with Gasteiger partial charge in [-0.3, -0.25) is 0 Å². The van der Waals surface area contributed by atoms with E-state index in [1.807, 2.05) is 0 Å². The van der Waals surface area contributed by atoms with E-state index in [9.17, 15) is 13.2 Å². The maximum Gasteiger partial charge on any atom is 0.337 e. The second-order valence-electron chi connectivity index (χ2n) is 5.32. The molecule has 20 heavy (non-hydrogen) atoms. The number of hydrogen-bond donors (Lipinski definition) is 2. The lowest BCUT2D eigenvalue weighted by Crippen LogP contribution is -2.30. The van der Waals surface area contributed by atoms with Gasteiger partial charge < -0.3 is 10.8 Å². The van der Waals surface area contributed by atoms with Crippen molar-refractivity contribution in [3.05, 3.63) is 23.8 Å². The summed E-state index contributed by atoms with van der Waals surface area (Å²) in [5.74, 6) is -0.409. The predicted octanol–water partition coefficient (Wildman–Crippen LogP) is 1.24. The number of rotatable bonds is 5. The predicted molar refractivity (Wildman–Crippen MR) is 74.9 cm³/mol. The Morgan fingerprint density at radius 1 is 1.50 bits per heavy atom. The zero-order chi connectivity index (χ0) is 15.1. The number of carboxylic acid groups (broad SMARTS) is 1. The number of nitrogens with zero attached hydrogens (tertiary/aromatic N) is 1. The second-order valence-corrected chi connectivity index (χ2v) is 7.33. The minimum Gasteiger partial charge on any atom is -0.478 e. The lowest BCUT2D eigenvalue weighted by molar-refractivity contribution is 0.0692. The molecule has 7 heteroatoms. The number of sulfonamides is 1. The molecule has 1 aromatic rings. The van der Waals surface area contributed by atoms with Crippen molar-refractivity contribution in [2.24, 2.45) is 11.8 Å². The molecule has 2 unspecified atom stereocenters. The third-order valence-electron chi connectivity index (χ3n) is 3.69. The lowest BCUT2D eigenvalue weighted by Gasteiger charge is -2.18. The molecule has 2 rings (SSSR count). The highest BCUT2D eigenvalue weighted by Gasteiger charge is 2.37. The van der Waals surface area contributed by atoms with Gasteiger partial charge in [0, 0.05) is 19.3 Å². The van der Waals surface area contributed by atoms with Crippen molar-refractivity contribution >= 4 is 21.7 Å². The quantitative estimate of drug-likeness (QED) is 0.797. The standard InChI is InChI=1S/C13H18N2O4S/c1-8-5-9(8)7-15(2)20(18,19)12-6-10(14)3-4-11(12)13(16)17/h3-4,6,8-9H,5,7,14H2,1-2H3,(H,16,17). The number of carbonyl (C=O) groups is 1. The van der Waals surface area contributed by atoms with E-state index in [1.165, 1.54) is 29.6 Å². The highest BCUT2D eigenvalue weighted by molar-refractivity contribution is 7.89. The summed E-state index contributed by atoms with van der Waals surface area (Å²) < 4.78 is 26.2. The molecule has 1 aliphatic carbocycles. The summed E-state index contributed by atoms with van der Waals surface area (Å²) >= 11 is 0. The van der Waals surface area contributed by atoms with Crippen LogP contribution in [0.5, 0.6) is 0 Å². The largest absolute Gasteiger partial charge is 0.478 e. The van der Waals surface area contributed by atoms with E-state index >= 15 is 0 Å². The van der Waals surface area contributed by atoms with Crippen LogP contribution in [0.25, 0.3) is 0 Å². The molecule has 0 bridgehead atoms. The highest BCUT2D eigenvalue weighted by Crippen LogP contribution is 2.39. The molecule has 2 atom stereocenters. The van der Waals surface area contributed by atoms with Gasteiger partial charge in [-0.15, -0.1) is 0 Å². The fourth-order valence-corrected chi connectivity index (χ4v) is 3.62. The maximum atomic E-state index is 12.5. The van der Waals surface area contributed by atoms with Crippen LogP contribution in [-0.2, 0) is 10.0 Å². The summed E-state index contributed by atoms with van der Waals surface area (Å²) in [6.07, 6.45) is 1.00. The van der Waals surface area contributed by atoms with Gasteiger partial charge in [0.2, 0.25) is 10.0 Å². The molecule has 0 saturated heterocycles. The molecule has 0 heterocycles. The van der Waals surface area contributed by atoms with Crippen LogP contribution in [0.2, 0.25) is 0 Å². The van der Waals surface area contributed by atoms with Gasteiger partial charge in [0.25, 0.3) is 0 Å². The maximum absolute atomic E-state index is 12.5. The number of nitrogen functional groups attached to an aromatic ring is 1. The zero-order valence-electron chi connectivity index (χ0n) is 11.4. The van der Waals surface area contributed by atoms with E-state index in [1.54, 1.807) is 0 Å². The lowest BCUT2D eigenvalue weighted by atomic mass is 10.2. The molecule has 1 aliphatic rings. The molecule has 0 aromatic heterocycles. The molecule has 1 fully saturated rings. The first kappa shape index (κ1) is 14.8. The van der Waals surface area contributed by atoms with Crippen LogP contribution in [0.15, 0.2) is 23.1 Å². The normalized spacial score (nSPS) is 21.9. The fourth-order valence-electron chi connectivity index (χ4n) is 2.18. The number of aromatic carboxylic acids is 1. The Hall–Kier alpha value is -1.60. The number of anilines is 1. The van der Waals surface area contributed by atoms with Crippen molar-refractivity contribution in [2.45, 2.75) is 18.2 Å². The van der Waals surface area contributed by atoms with E-state index in [0.717, 1.165) is 6.42 Å². The Kier molecular flexibility index (Phi) is 3.75. The van der Waals surface area contributed by atoms with Crippen LogP contribution in [0.3, 0.4) is 0 Å². The van der Waals surface area contributed by atoms with Crippen molar-refractivity contribution in [2.75, 3.05) is 19.3 Å². The van der Waals surface area contributed by atoms with Crippen molar-refractivity contribution in [1.82, 2.24) is 4.31 Å². The Balaban J connectivity index is 2.37. The van der Waals surface area contributed by atoms with E-state index in [-0.39, 0.29) is 16.1 Å². The third kappa shape index (κ3) is 2.78. The smallest absolute Gasteiger partial charge is 0.337 e. The summed E-state index contributed by atoms with van der Waals surface area (Å²) in [4.78, 5) is 10.9. The molecule has 110 valence electrons. The van der Waals surface area contributed by atoms with Crippen molar-refractivity contribution in [3.8, 4) is 0 Å². The second kappa shape index (κ2) is 5.06. The molecule has 0 aliphatic heterocycles. The average Bonchev–Trinajstić information content (AvgIpc) is 3.04. The van der Waals surface area contributed by atoms with Gasteiger partial charge in [-0.1, -0.05) is 6.92 Å². The van der Waals surface area contributed by atoms with Gasteiger partial charge in [-0.2, -0.15) is 0 Å². The molecule has 6 nitrogen and oxygen atoms in total. The monoisotopic (exact) mass is 298 g/mol. The summed E-state index contributed by atoms with van der Waals surface area (Å²) in [5.41, 5.74) is 5.55. The number of benzene rings is 1. The first-order valence-electron chi connectivity index (χ1n) is 6.32. The third-order valence-corrected chi connectivity index (χ3v) is 5.56. The molecule has 0 spiro atoms. The fraction of sp³-hybridized carbons (Fsp3) is 0.462. The van der Waals surface area contributed by atoms with E-state index < -0.39 is 16.0 Å². The van der Waals surface area contributed by atoms with Crippen molar-refractivity contribution in [3.63, 3.8) is 0 Å². The van der Waals surface area contributed by atoms with E-state index in [2.05, 4.69) is 6.92 Å². The molecular formula is C13H18N2O4S.